The van der Waals surface area contributed by atoms with Crippen LogP contribution in [0.15, 0.2) is 16.8 Å². The van der Waals surface area contributed by atoms with Crippen LogP contribution in [0.3, 0.4) is 0 Å². The number of carbonyl (C=O) groups excluding carboxylic acids is 2. The second-order valence-corrected chi connectivity index (χ2v) is 7.29. The lowest BCUT2D eigenvalue weighted by atomic mass is 10.1. The van der Waals surface area contributed by atoms with Crippen LogP contribution >= 0.6 is 0 Å². The molecule has 1 aliphatic rings. The molecule has 1 amide bonds. The third-order valence-electron chi connectivity index (χ3n) is 4.89. The van der Waals surface area contributed by atoms with Gasteiger partial charge in [0.05, 0.1) is 6.04 Å². The number of carbonyl (C=O) groups is 2. The molecule has 26 heavy (non-hydrogen) atoms. The van der Waals surface area contributed by atoms with E-state index < -0.39 is 0 Å². The van der Waals surface area contributed by atoms with Crippen LogP contribution in [0.2, 0.25) is 0 Å². The van der Waals surface area contributed by atoms with E-state index >= 15 is 0 Å². The Bertz CT molecular complexity index is 806. The normalized spacial score (nSPS) is 18.2. The Hall–Kier alpha value is -2.44. The van der Waals surface area contributed by atoms with Crippen molar-refractivity contribution in [3.63, 3.8) is 0 Å². The molecule has 3 rings (SSSR count). The third kappa shape index (κ3) is 3.57. The summed E-state index contributed by atoms with van der Waals surface area (Å²) in [6.07, 6.45) is 5.55. The van der Waals surface area contributed by atoms with Gasteiger partial charge in [-0.1, -0.05) is 31.8 Å². The van der Waals surface area contributed by atoms with Gasteiger partial charge in [-0.3, -0.25) is 9.59 Å². The fraction of sp³-hybridized carbons (Fsp3) is 0.579. The average molecular weight is 358 g/mol. The lowest BCUT2D eigenvalue weighted by molar-refractivity contribution is 0.0660. The average Bonchev–Trinajstić information content (AvgIpc) is 3.15. The van der Waals surface area contributed by atoms with Crippen molar-refractivity contribution < 1.29 is 14.1 Å². The van der Waals surface area contributed by atoms with E-state index in [4.69, 9.17) is 4.52 Å². The van der Waals surface area contributed by atoms with Gasteiger partial charge in [-0.2, -0.15) is 4.98 Å². The second-order valence-electron chi connectivity index (χ2n) is 7.29. The van der Waals surface area contributed by atoms with Gasteiger partial charge in [0, 0.05) is 31.3 Å². The van der Waals surface area contributed by atoms with Crippen LogP contribution in [0, 0.1) is 0 Å². The van der Waals surface area contributed by atoms with Crippen molar-refractivity contribution in [1.29, 1.82) is 0 Å². The first-order valence-electron chi connectivity index (χ1n) is 9.20. The van der Waals surface area contributed by atoms with Crippen LogP contribution < -0.4 is 0 Å². The van der Waals surface area contributed by atoms with Gasteiger partial charge in [0.1, 0.15) is 5.69 Å². The lowest BCUT2D eigenvalue weighted by Crippen LogP contribution is -2.36. The monoisotopic (exact) mass is 358 g/mol. The standard InChI is InChI=1S/C19H26N4O3/c1-12(2)18-20-17(21-26-18)15-8-6-5-7-9-23(15)19(25)16-10-14(13(3)24)11-22(16)4/h10-12,15H,5-9H2,1-4H3. The number of hydrogen-bond donors (Lipinski definition) is 0. The fourth-order valence-corrected chi connectivity index (χ4v) is 3.35. The molecule has 0 aromatic carbocycles. The fourth-order valence-electron chi connectivity index (χ4n) is 3.35. The van der Waals surface area contributed by atoms with E-state index in [0.29, 0.717) is 29.5 Å². The third-order valence-corrected chi connectivity index (χ3v) is 4.89. The molecule has 1 atom stereocenters. The highest BCUT2D eigenvalue weighted by Gasteiger charge is 2.32. The Morgan fingerprint density at radius 2 is 2.04 bits per heavy atom. The number of nitrogens with zero attached hydrogens (tertiary/aromatic N) is 4. The maximum atomic E-state index is 13.2. The molecule has 0 aliphatic carbocycles. The summed E-state index contributed by atoms with van der Waals surface area (Å²) in [6.45, 7) is 6.15. The van der Waals surface area contributed by atoms with Crippen molar-refractivity contribution in [2.75, 3.05) is 6.54 Å². The first-order chi connectivity index (χ1) is 12.4. The van der Waals surface area contributed by atoms with E-state index in [1.807, 2.05) is 18.7 Å². The molecular weight excluding hydrogens is 332 g/mol. The molecule has 0 N–H and O–H groups in total. The minimum atomic E-state index is -0.197. The molecule has 1 fully saturated rings. The highest BCUT2D eigenvalue weighted by Crippen LogP contribution is 2.31. The molecule has 0 saturated carbocycles. The maximum Gasteiger partial charge on any atom is 0.271 e. The number of aromatic nitrogens is 3. The molecule has 140 valence electrons. The molecule has 2 aromatic rings. The van der Waals surface area contributed by atoms with Gasteiger partial charge >= 0.3 is 0 Å². The summed E-state index contributed by atoms with van der Waals surface area (Å²) in [5, 5.41) is 4.14. The maximum absolute atomic E-state index is 13.2. The molecule has 0 radical (unpaired) electrons. The zero-order valence-corrected chi connectivity index (χ0v) is 15.9. The number of amides is 1. The summed E-state index contributed by atoms with van der Waals surface area (Å²) in [6, 6.07) is 1.47. The van der Waals surface area contributed by atoms with Gasteiger partial charge in [-0.25, -0.2) is 0 Å². The summed E-state index contributed by atoms with van der Waals surface area (Å²) in [5.41, 5.74) is 1.05. The Morgan fingerprint density at radius 3 is 2.65 bits per heavy atom. The van der Waals surface area contributed by atoms with Gasteiger partial charge < -0.3 is 14.0 Å². The van der Waals surface area contributed by atoms with Crippen LogP contribution in [0.25, 0.3) is 0 Å². The van der Waals surface area contributed by atoms with Gasteiger partial charge in [0.2, 0.25) is 5.89 Å². The van der Waals surface area contributed by atoms with Crippen molar-refractivity contribution in [1.82, 2.24) is 19.6 Å². The largest absolute Gasteiger partial charge is 0.346 e. The number of aryl methyl sites for hydroxylation is 1. The van der Waals surface area contributed by atoms with Crippen LogP contribution in [-0.2, 0) is 7.05 Å². The highest BCUT2D eigenvalue weighted by molar-refractivity contribution is 5.99. The number of ketones is 1. The van der Waals surface area contributed by atoms with E-state index in [-0.39, 0.29) is 23.7 Å². The van der Waals surface area contributed by atoms with Gasteiger partial charge in [-0.15, -0.1) is 0 Å². The molecule has 0 bridgehead atoms. The molecule has 0 spiro atoms. The Kier molecular flexibility index (Phi) is 5.25. The quantitative estimate of drug-likeness (QED) is 0.782. The predicted molar refractivity (Wildman–Crippen MR) is 96.1 cm³/mol. The van der Waals surface area contributed by atoms with E-state index in [0.717, 1.165) is 25.7 Å². The Balaban J connectivity index is 1.93. The summed E-state index contributed by atoms with van der Waals surface area (Å²) in [7, 11) is 1.79. The molecule has 1 saturated heterocycles. The van der Waals surface area contributed by atoms with E-state index in [1.165, 1.54) is 6.92 Å². The van der Waals surface area contributed by atoms with Crippen molar-refractivity contribution in [3.05, 3.63) is 35.2 Å². The van der Waals surface area contributed by atoms with Crippen LogP contribution in [0.4, 0.5) is 0 Å². The zero-order chi connectivity index (χ0) is 18.8. The van der Waals surface area contributed by atoms with E-state index in [2.05, 4.69) is 10.1 Å². The number of Topliss-reactive ketones (excluding diaryl/α,β-unsaturated/α-hetero) is 1. The van der Waals surface area contributed by atoms with E-state index in [9.17, 15) is 9.59 Å². The topological polar surface area (TPSA) is 81.2 Å². The second kappa shape index (κ2) is 7.43. The summed E-state index contributed by atoms with van der Waals surface area (Å²) in [5.74, 6) is 1.17. The molecule has 1 aliphatic heterocycles. The van der Waals surface area contributed by atoms with Crippen molar-refractivity contribution >= 4 is 11.7 Å². The minimum absolute atomic E-state index is 0.0493. The van der Waals surface area contributed by atoms with Crippen molar-refractivity contribution in [3.8, 4) is 0 Å². The molecule has 7 heteroatoms. The molecule has 7 nitrogen and oxygen atoms in total. The SMILES string of the molecule is CC(=O)c1cc(C(=O)N2CCCCCC2c2noc(C(C)C)n2)n(C)c1. The highest BCUT2D eigenvalue weighted by atomic mass is 16.5. The van der Waals surface area contributed by atoms with E-state index in [1.54, 1.807) is 23.9 Å². The minimum Gasteiger partial charge on any atom is -0.346 e. The number of hydrogen-bond acceptors (Lipinski definition) is 5. The molecule has 3 heterocycles. The van der Waals surface area contributed by atoms with Crippen LogP contribution in [0.5, 0.6) is 0 Å². The number of likely N-dealkylation sites (tertiary alicyclic amines) is 1. The molecule has 1 unspecified atom stereocenters. The summed E-state index contributed by atoms with van der Waals surface area (Å²) >= 11 is 0. The number of rotatable bonds is 4. The Morgan fingerprint density at radius 1 is 1.27 bits per heavy atom. The predicted octanol–water partition coefficient (Wildman–Crippen LogP) is 3.49. The van der Waals surface area contributed by atoms with Gasteiger partial charge in [0.25, 0.3) is 5.91 Å². The van der Waals surface area contributed by atoms with Gasteiger partial charge in [0.15, 0.2) is 11.6 Å². The summed E-state index contributed by atoms with van der Waals surface area (Å²) < 4.78 is 7.08. The smallest absolute Gasteiger partial charge is 0.271 e. The van der Waals surface area contributed by atoms with Crippen molar-refractivity contribution in [2.45, 2.75) is 58.4 Å². The lowest BCUT2D eigenvalue weighted by Gasteiger charge is -2.28. The Labute approximate surface area is 153 Å². The van der Waals surface area contributed by atoms with Crippen LogP contribution in [-0.4, -0.2) is 37.8 Å². The van der Waals surface area contributed by atoms with Crippen molar-refractivity contribution in [2.24, 2.45) is 7.05 Å². The first kappa shape index (κ1) is 18.4. The molecular formula is C19H26N4O3. The van der Waals surface area contributed by atoms with Crippen LogP contribution in [0.1, 0.15) is 91.0 Å². The molecule has 2 aromatic heterocycles. The first-order valence-corrected chi connectivity index (χ1v) is 9.20. The van der Waals surface area contributed by atoms with Gasteiger partial charge in [-0.05, 0) is 25.8 Å². The summed E-state index contributed by atoms with van der Waals surface area (Å²) in [4.78, 5) is 31.2. The zero-order valence-electron chi connectivity index (χ0n) is 15.9.